The van der Waals surface area contributed by atoms with Crippen molar-refractivity contribution in [1.29, 1.82) is 0 Å². The van der Waals surface area contributed by atoms with Crippen LogP contribution in [0.4, 0.5) is 10.6 Å². The number of nitrogens with one attached hydrogen (secondary N) is 2. The smallest absolute Gasteiger partial charge is 0.408 e. The maximum Gasteiger partial charge on any atom is 0.408 e. The van der Waals surface area contributed by atoms with Gasteiger partial charge in [-0.1, -0.05) is 19.8 Å². The number of ether oxygens (including phenoxy) is 1. The van der Waals surface area contributed by atoms with Gasteiger partial charge in [0.05, 0.1) is 11.9 Å². The monoisotopic (exact) mass is 441 g/mol. The molecule has 32 heavy (non-hydrogen) atoms. The van der Waals surface area contributed by atoms with Gasteiger partial charge in [-0.05, 0) is 64.2 Å². The Morgan fingerprint density at radius 1 is 1.16 bits per heavy atom. The van der Waals surface area contributed by atoms with E-state index in [1.807, 2.05) is 40.8 Å². The average Bonchev–Trinajstić information content (AvgIpc) is 3.04. The fourth-order valence-corrected chi connectivity index (χ4v) is 4.17. The molecule has 2 amide bonds. The number of hydrogen-bond acceptors (Lipinski definition) is 5. The van der Waals surface area contributed by atoms with Gasteiger partial charge in [0.2, 0.25) is 0 Å². The highest BCUT2D eigenvalue weighted by atomic mass is 16.6. The molecule has 0 saturated heterocycles. The maximum absolute atomic E-state index is 13.1. The van der Waals surface area contributed by atoms with E-state index in [-0.39, 0.29) is 11.8 Å². The van der Waals surface area contributed by atoms with Crippen molar-refractivity contribution in [3.8, 4) is 11.3 Å². The largest absolute Gasteiger partial charge is 0.436 e. The molecule has 2 aromatic rings. The molecule has 0 aliphatic heterocycles. The van der Waals surface area contributed by atoms with Gasteiger partial charge in [-0.3, -0.25) is 9.48 Å². The Kier molecular flexibility index (Phi) is 7.21. The Hall–Kier alpha value is -2.90. The molecule has 2 N–H and O–H groups in total. The first-order valence-electron chi connectivity index (χ1n) is 11.3. The lowest BCUT2D eigenvalue weighted by Crippen LogP contribution is -2.47. The Morgan fingerprint density at radius 2 is 1.84 bits per heavy atom. The van der Waals surface area contributed by atoms with E-state index in [4.69, 9.17) is 4.74 Å². The summed E-state index contributed by atoms with van der Waals surface area (Å²) in [6.07, 6.45) is 5.84. The number of alkyl carbamates (subject to hydrolysis) is 1. The Balaban J connectivity index is 1.73. The Labute approximate surface area is 190 Å². The van der Waals surface area contributed by atoms with E-state index < -0.39 is 17.7 Å². The Bertz CT molecular complexity index is 918. The number of anilines is 1. The van der Waals surface area contributed by atoms with Crippen LogP contribution in [-0.4, -0.2) is 38.4 Å². The van der Waals surface area contributed by atoms with Gasteiger partial charge in [-0.25, -0.2) is 9.78 Å². The summed E-state index contributed by atoms with van der Waals surface area (Å²) in [6, 6.07) is 3.66. The Morgan fingerprint density at radius 3 is 2.38 bits per heavy atom. The number of carbonyl (C=O) groups is 2. The topological polar surface area (TPSA) is 98.1 Å². The molecule has 8 heteroatoms. The van der Waals surface area contributed by atoms with Crippen molar-refractivity contribution in [2.75, 3.05) is 5.32 Å². The first-order valence-corrected chi connectivity index (χ1v) is 11.3. The molecule has 0 aromatic carbocycles. The fourth-order valence-electron chi connectivity index (χ4n) is 4.17. The average molecular weight is 442 g/mol. The molecule has 8 nitrogen and oxygen atoms in total. The van der Waals surface area contributed by atoms with Crippen molar-refractivity contribution in [2.24, 2.45) is 18.9 Å². The predicted octanol–water partition coefficient (Wildman–Crippen LogP) is 4.45. The molecule has 1 aliphatic carbocycles. The van der Waals surface area contributed by atoms with E-state index in [1.54, 1.807) is 23.1 Å². The normalized spacial score (nSPS) is 19.8. The summed E-state index contributed by atoms with van der Waals surface area (Å²) in [5.74, 6) is 0.703. The van der Waals surface area contributed by atoms with Crippen LogP contribution in [-0.2, 0) is 16.6 Å². The molecule has 2 heterocycles. The number of rotatable bonds is 5. The second-order valence-corrected chi connectivity index (χ2v) is 9.94. The lowest BCUT2D eigenvalue weighted by molar-refractivity contribution is -0.128. The van der Waals surface area contributed by atoms with Crippen LogP contribution in [0.3, 0.4) is 0 Å². The lowest BCUT2D eigenvalue weighted by Gasteiger charge is -2.32. The molecular formula is C24H35N5O3. The van der Waals surface area contributed by atoms with Gasteiger partial charge in [-0.15, -0.1) is 0 Å². The zero-order valence-corrected chi connectivity index (χ0v) is 19.9. The van der Waals surface area contributed by atoms with Crippen LogP contribution in [0.2, 0.25) is 0 Å². The van der Waals surface area contributed by atoms with E-state index in [0.717, 1.165) is 42.5 Å². The number of aryl methyl sites for hydroxylation is 2. The number of amides is 2. The third-order valence-electron chi connectivity index (χ3n) is 5.87. The first kappa shape index (κ1) is 23.8. The van der Waals surface area contributed by atoms with E-state index >= 15 is 0 Å². The minimum absolute atomic E-state index is 0.00622. The minimum Gasteiger partial charge on any atom is -0.436 e. The zero-order valence-electron chi connectivity index (χ0n) is 19.9. The standard InChI is InChI=1S/C24H35N5O3/c1-15-7-9-17(10-8-15)21(32-23(31)28-24(3,4)5)22(30)27-19-12-11-18(14-25-19)20-16(2)13-26-29(20)6/h11-15,17,21H,7-10H2,1-6H3,(H,28,31)(H,25,27,30). The summed E-state index contributed by atoms with van der Waals surface area (Å²) >= 11 is 0. The third kappa shape index (κ3) is 6.08. The van der Waals surface area contributed by atoms with Crippen LogP contribution in [0.25, 0.3) is 11.3 Å². The summed E-state index contributed by atoms with van der Waals surface area (Å²) in [4.78, 5) is 30.0. The third-order valence-corrected chi connectivity index (χ3v) is 5.87. The van der Waals surface area contributed by atoms with E-state index in [2.05, 4.69) is 27.6 Å². The van der Waals surface area contributed by atoms with Crippen molar-refractivity contribution >= 4 is 17.8 Å². The van der Waals surface area contributed by atoms with Crippen molar-refractivity contribution in [1.82, 2.24) is 20.1 Å². The second kappa shape index (κ2) is 9.71. The molecular weight excluding hydrogens is 406 g/mol. The van der Waals surface area contributed by atoms with Gasteiger partial charge in [0, 0.05) is 30.3 Å². The number of hydrogen-bond donors (Lipinski definition) is 2. The van der Waals surface area contributed by atoms with Gasteiger partial charge in [0.25, 0.3) is 5.91 Å². The number of nitrogens with zero attached hydrogens (tertiary/aromatic N) is 3. The SMILES string of the molecule is Cc1cnn(C)c1-c1ccc(NC(=O)C(OC(=O)NC(C)(C)C)C2CCC(C)CC2)nc1. The summed E-state index contributed by atoms with van der Waals surface area (Å²) < 4.78 is 7.45. The molecule has 0 radical (unpaired) electrons. The highest BCUT2D eigenvalue weighted by molar-refractivity contribution is 5.95. The minimum atomic E-state index is -0.856. The van der Waals surface area contributed by atoms with Crippen LogP contribution >= 0.6 is 0 Å². The quantitative estimate of drug-likeness (QED) is 0.714. The van der Waals surface area contributed by atoms with Gasteiger partial charge in [0.15, 0.2) is 6.10 Å². The second-order valence-electron chi connectivity index (χ2n) is 9.94. The molecule has 3 rings (SSSR count). The van der Waals surface area contributed by atoms with Crippen LogP contribution < -0.4 is 10.6 Å². The summed E-state index contributed by atoms with van der Waals surface area (Å²) in [7, 11) is 1.88. The van der Waals surface area contributed by atoms with Crippen LogP contribution in [0.5, 0.6) is 0 Å². The molecule has 174 valence electrons. The highest BCUT2D eigenvalue weighted by Crippen LogP contribution is 2.32. The fraction of sp³-hybridized carbons (Fsp3) is 0.583. The number of pyridine rings is 1. The number of carbonyl (C=O) groups excluding carboxylic acids is 2. The molecule has 0 spiro atoms. The highest BCUT2D eigenvalue weighted by Gasteiger charge is 2.35. The molecule has 1 unspecified atom stereocenters. The van der Waals surface area contributed by atoms with Gasteiger partial charge >= 0.3 is 6.09 Å². The van der Waals surface area contributed by atoms with Crippen LogP contribution in [0, 0.1) is 18.8 Å². The predicted molar refractivity (Wildman–Crippen MR) is 124 cm³/mol. The van der Waals surface area contributed by atoms with Crippen molar-refractivity contribution in [3.05, 3.63) is 30.1 Å². The van der Waals surface area contributed by atoms with E-state index in [0.29, 0.717) is 11.7 Å². The van der Waals surface area contributed by atoms with E-state index in [1.165, 1.54) is 0 Å². The molecule has 1 fully saturated rings. The van der Waals surface area contributed by atoms with Gasteiger partial charge < -0.3 is 15.4 Å². The van der Waals surface area contributed by atoms with Crippen molar-refractivity contribution in [2.45, 2.75) is 71.9 Å². The molecule has 0 bridgehead atoms. The summed E-state index contributed by atoms with van der Waals surface area (Å²) in [5.41, 5.74) is 2.50. The summed E-state index contributed by atoms with van der Waals surface area (Å²) in [5, 5.41) is 9.89. The van der Waals surface area contributed by atoms with Crippen molar-refractivity contribution < 1.29 is 14.3 Å². The molecule has 2 aromatic heterocycles. The van der Waals surface area contributed by atoms with Gasteiger partial charge in [0.1, 0.15) is 5.82 Å². The zero-order chi connectivity index (χ0) is 23.5. The maximum atomic E-state index is 13.1. The molecule has 1 saturated carbocycles. The van der Waals surface area contributed by atoms with Crippen LogP contribution in [0.1, 0.15) is 58.9 Å². The number of aromatic nitrogens is 3. The van der Waals surface area contributed by atoms with Crippen molar-refractivity contribution in [3.63, 3.8) is 0 Å². The van der Waals surface area contributed by atoms with E-state index in [9.17, 15) is 9.59 Å². The first-order chi connectivity index (χ1) is 15.0. The summed E-state index contributed by atoms with van der Waals surface area (Å²) in [6.45, 7) is 9.84. The van der Waals surface area contributed by atoms with Gasteiger partial charge in [-0.2, -0.15) is 5.10 Å². The van der Waals surface area contributed by atoms with Crippen LogP contribution in [0.15, 0.2) is 24.5 Å². The molecule has 1 aliphatic rings. The lowest BCUT2D eigenvalue weighted by atomic mass is 9.80. The molecule has 1 atom stereocenters.